The number of piperazine rings is 1. The number of hydrogen-bond donors (Lipinski definition) is 1. The monoisotopic (exact) mass is 252 g/mol. The molecule has 0 aromatic heterocycles. The van der Waals surface area contributed by atoms with Crippen molar-refractivity contribution in [2.45, 2.75) is 59.0 Å². The van der Waals surface area contributed by atoms with Crippen LogP contribution in [0.1, 0.15) is 47.0 Å². The number of nitrogens with zero attached hydrogens (tertiary/aromatic N) is 1. The molecule has 102 valence electrons. The third kappa shape index (κ3) is 2.38. The first-order valence-corrected chi connectivity index (χ1v) is 6.90. The predicted octanol–water partition coefficient (Wildman–Crippen LogP) is 1.55. The summed E-state index contributed by atoms with van der Waals surface area (Å²) in [5, 5.41) is 2.84. The average Bonchev–Trinajstić information content (AvgIpc) is 2.16. The zero-order chi connectivity index (χ0) is 13.5. The van der Waals surface area contributed by atoms with Gasteiger partial charge in [0.2, 0.25) is 11.8 Å². The summed E-state index contributed by atoms with van der Waals surface area (Å²) in [5.41, 5.74) is -0.231. The third-order valence-corrected chi connectivity index (χ3v) is 4.34. The van der Waals surface area contributed by atoms with Gasteiger partial charge in [0.25, 0.3) is 0 Å². The van der Waals surface area contributed by atoms with E-state index in [4.69, 9.17) is 0 Å². The Bertz CT molecular complexity index is 355. The molecule has 0 spiro atoms. The van der Waals surface area contributed by atoms with Crippen LogP contribution in [0.2, 0.25) is 0 Å². The van der Waals surface area contributed by atoms with Gasteiger partial charge in [0, 0.05) is 6.04 Å². The topological polar surface area (TPSA) is 49.4 Å². The van der Waals surface area contributed by atoms with Crippen molar-refractivity contribution in [1.82, 2.24) is 10.2 Å². The van der Waals surface area contributed by atoms with Crippen LogP contribution in [-0.4, -0.2) is 35.3 Å². The minimum Gasteiger partial charge on any atom is -0.342 e. The molecule has 2 unspecified atom stereocenters. The highest BCUT2D eigenvalue weighted by atomic mass is 16.2. The smallest absolute Gasteiger partial charge is 0.246 e. The number of carbonyl (C=O) groups excluding carboxylic acids is 2. The second-order valence-electron chi connectivity index (χ2n) is 6.76. The molecule has 1 aliphatic heterocycles. The van der Waals surface area contributed by atoms with Crippen molar-refractivity contribution in [1.29, 1.82) is 0 Å². The van der Waals surface area contributed by atoms with Crippen LogP contribution < -0.4 is 5.32 Å². The lowest BCUT2D eigenvalue weighted by atomic mass is 9.78. The molecule has 1 N–H and O–H groups in total. The van der Waals surface area contributed by atoms with Crippen LogP contribution in [-0.2, 0) is 9.59 Å². The maximum atomic E-state index is 12.5. The van der Waals surface area contributed by atoms with Gasteiger partial charge in [-0.25, -0.2) is 0 Å². The summed E-state index contributed by atoms with van der Waals surface area (Å²) in [5.74, 6) is 0.641. The summed E-state index contributed by atoms with van der Waals surface area (Å²) in [6, 6.07) is -0.191. The first-order valence-electron chi connectivity index (χ1n) is 6.90. The van der Waals surface area contributed by atoms with Crippen LogP contribution in [0.15, 0.2) is 0 Å². The summed E-state index contributed by atoms with van der Waals surface area (Å²) in [7, 11) is 0. The van der Waals surface area contributed by atoms with Crippen molar-refractivity contribution in [3.8, 4) is 0 Å². The van der Waals surface area contributed by atoms with Gasteiger partial charge in [0.1, 0.15) is 6.04 Å². The maximum absolute atomic E-state index is 12.5. The molecule has 0 aromatic carbocycles. The van der Waals surface area contributed by atoms with Gasteiger partial charge in [-0.3, -0.25) is 9.59 Å². The van der Waals surface area contributed by atoms with Crippen LogP contribution in [0.25, 0.3) is 0 Å². The Morgan fingerprint density at radius 2 is 1.89 bits per heavy atom. The molecular formula is C14H24N2O2. The van der Waals surface area contributed by atoms with Crippen LogP contribution >= 0.6 is 0 Å². The molecule has 0 radical (unpaired) electrons. The summed E-state index contributed by atoms with van der Waals surface area (Å²) in [6.45, 7) is 8.29. The van der Waals surface area contributed by atoms with Crippen molar-refractivity contribution in [3.63, 3.8) is 0 Å². The number of hydrogen-bond acceptors (Lipinski definition) is 2. The van der Waals surface area contributed by atoms with Crippen LogP contribution in [0.3, 0.4) is 0 Å². The molecule has 1 heterocycles. The van der Waals surface area contributed by atoms with E-state index in [0.29, 0.717) is 5.92 Å². The molecular weight excluding hydrogens is 228 g/mol. The second kappa shape index (κ2) is 4.56. The third-order valence-electron chi connectivity index (χ3n) is 4.34. The normalized spacial score (nSPS) is 27.8. The molecule has 4 heteroatoms. The lowest BCUT2D eigenvalue weighted by molar-refractivity contribution is -0.151. The first-order chi connectivity index (χ1) is 8.30. The Morgan fingerprint density at radius 1 is 1.28 bits per heavy atom. The van der Waals surface area contributed by atoms with Crippen LogP contribution in [0.5, 0.6) is 0 Å². The van der Waals surface area contributed by atoms with Crippen molar-refractivity contribution < 1.29 is 9.59 Å². The molecule has 2 fully saturated rings. The van der Waals surface area contributed by atoms with Gasteiger partial charge in [-0.15, -0.1) is 0 Å². The lowest BCUT2D eigenvalue weighted by Crippen LogP contribution is -2.65. The SMILES string of the molecule is CC(C1CCC1)N1CC(=O)NC(C(C)(C)C)C1=O. The molecule has 2 atom stereocenters. The maximum Gasteiger partial charge on any atom is 0.246 e. The van der Waals surface area contributed by atoms with Crippen molar-refractivity contribution >= 4 is 11.8 Å². The zero-order valence-electron chi connectivity index (χ0n) is 11.8. The van der Waals surface area contributed by atoms with Gasteiger partial charge >= 0.3 is 0 Å². The van der Waals surface area contributed by atoms with Gasteiger partial charge in [-0.1, -0.05) is 27.2 Å². The van der Waals surface area contributed by atoms with E-state index in [1.54, 1.807) is 4.90 Å². The van der Waals surface area contributed by atoms with E-state index < -0.39 is 0 Å². The summed E-state index contributed by atoms with van der Waals surface area (Å²) in [6.07, 6.45) is 3.63. The van der Waals surface area contributed by atoms with Gasteiger partial charge in [-0.05, 0) is 31.1 Å². The molecule has 0 bridgehead atoms. The molecule has 0 aromatic rings. The lowest BCUT2D eigenvalue weighted by Gasteiger charge is -2.45. The minimum absolute atomic E-state index is 0.0271. The molecule has 1 saturated heterocycles. The Kier molecular flexibility index (Phi) is 3.39. The van der Waals surface area contributed by atoms with E-state index in [1.807, 2.05) is 20.8 Å². The molecule has 4 nitrogen and oxygen atoms in total. The summed E-state index contributed by atoms with van der Waals surface area (Å²) in [4.78, 5) is 26.1. The summed E-state index contributed by atoms with van der Waals surface area (Å²) >= 11 is 0. The highest BCUT2D eigenvalue weighted by Gasteiger charge is 2.43. The molecule has 2 rings (SSSR count). The standard InChI is InChI=1S/C14H24N2O2/c1-9(10-6-5-7-10)16-8-11(17)15-12(13(16)18)14(2,3)4/h9-10,12H,5-8H2,1-4H3,(H,15,17). The number of nitrogens with one attached hydrogen (secondary N) is 1. The average molecular weight is 252 g/mol. The van der Waals surface area contributed by atoms with E-state index in [2.05, 4.69) is 12.2 Å². The number of rotatable bonds is 2. The molecule has 1 aliphatic carbocycles. The Morgan fingerprint density at radius 3 is 2.33 bits per heavy atom. The highest BCUT2D eigenvalue weighted by Crippen LogP contribution is 2.34. The fraction of sp³-hybridized carbons (Fsp3) is 0.857. The van der Waals surface area contributed by atoms with E-state index in [-0.39, 0.29) is 35.9 Å². The van der Waals surface area contributed by atoms with Gasteiger partial charge < -0.3 is 10.2 Å². The fourth-order valence-electron chi connectivity index (χ4n) is 2.78. The van der Waals surface area contributed by atoms with E-state index in [9.17, 15) is 9.59 Å². The summed E-state index contributed by atoms with van der Waals surface area (Å²) < 4.78 is 0. The van der Waals surface area contributed by atoms with Crippen LogP contribution in [0.4, 0.5) is 0 Å². The van der Waals surface area contributed by atoms with Crippen molar-refractivity contribution in [3.05, 3.63) is 0 Å². The number of carbonyl (C=O) groups is 2. The van der Waals surface area contributed by atoms with E-state index >= 15 is 0 Å². The second-order valence-corrected chi connectivity index (χ2v) is 6.76. The number of amides is 2. The van der Waals surface area contributed by atoms with Crippen molar-refractivity contribution in [2.24, 2.45) is 11.3 Å². The predicted molar refractivity (Wildman–Crippen MR) is 69.9 cm³/mol. The largest absolute Gasteiger partial charge is 0.342 e. The van der Waals surface area contributed by atoms with Gasteiger partial charge in [0.05, 0.1) is 6.54 Å². The minimum atomic E-state index is -0.388. The quantitative estimate of drug-likeness (QED) is 0.810. The van der Waals surface area contributed by atoms with Gasteiger partial charge in [0.15, 0.2) is 0 Å². The Balaban J connectivity index is 2.14. The first kappa shape index (κ1) is 13.4. The molecule has 2 amide bonds. The zero-order valence-corrected chi connectivity index (χ0v) is 11.8. The highest BCUT2D eigenvalue weighted by molar-refractivity contribution is 5.95. The molecule has 18 heavy (non-hydrogen) atoms. The van der Waals surface area contributed by atoms with Crippen molar-refractivity contribution in [2.75, 3.05) is 6.54 Å². The fourth-order valence-corrected chi connectivity index (χ4v) is 2.78. The van der Waals surface area contributed by atoms with Gasteiger partial charge in [-0.2, -0.15) is 0 Å². The Hall–Kier alpha value is -1.06. The molecule has 2 aliphatic rings. The molecule has 1 saturated carbocycles. The Labute approximate surface area is 109 Å². The van der Waals surface area contributed by atoms with Crippen LogP contribution in [0, 0.1) is 11.3 Å². The van der Waals surface area contributed by atoms with E-state index in [0.717, 1.165) is 0 Å². The van der Waals surface area contributed by atoms with E-state index in [1.165, 1.54) is 19.3 Å².